The summed E-state index contributed by atoms with van der Waals surface area (Å²) in [7, 11) is 0. The number of benzene rings is 2. The van der Waals surface area contributed by atoms with Gasteiger partial charge in [0.2, 0.25) is 0 Å². The Bertz CT molecular complexity index is 933. The Balaban J connectivity index is 2.02. The number of aryl methyl sites for hydroxylation is 2. The standard InChI is InChI=1S/C19H15NO4S/c1-11-7-8-12(2)15(9-11)20-17(21)16(25-19(20)24)10-13-5-3-4-6-14(13)18(22)23/h3-10H,1-2H3,(H,22,23)/b16-10+. The molecule has 0 spiro atoms. The van der Waals surface area contributed by atoms with Crippen LogP contribution in [0.1, 0.15) is 27.0 Å². The second-order valence-electron chi connectivity index (χ2n) is 5.70. The zero-order chi connectivity index (χ0) is 18.1. The summed E-state index contributed by atoms with van der Waals surface area (Å²) in [6, 6.07) is 11.9. The van der Waals surface area contributed by atoms with Crippen molar-refractivity contribution in [3.63, 3.8) is 0 Å². The van der Waals surface area contributed by atoms with E-state index < -0.39 is 17.1 Å². The van der Waals surface area contributed by atoms with Crippen LogP contribution in [0, 0.1) is 13.8 Å². The minimum Gasteiger partial charge on any atom is -0.478 e. The quantitative estimate of drug-likeness (QED) is 0.835. The van der Waals surface area contributed by atoms with Gasteiger partial charge >= 0.3 is 5.97 Å². The molecule has 5 nitrogen and oxygen atoms in total. The maximum atomic E-state index is 12.7. The van der Waals surface area contributed by atoms with Crippen LogP contribution in [-0.4, -0.2) is 22.2 Å². The topological polar surface area (TPSA) is 74.7 Å². The zero-order valence-corrected chi connectivity index (χ0v) is 14.5. The molecular weight excluding hydrogens is 338 g/mol. The van der Waals surface area contributed by atoms with Crippen molar-refractivity contribution in [3.8, 4) is 0 Å². The lowest BCUT2D eigenvalue weighted by Gasteiger charge is -2.16. The van der Waals surface area contributed by atoms with E-state index in [1.54, 1.807) is 24.3 Å². The van der Waals surface area contributed by atoms with E-state index in [2.05, 4.69) is 0 Å². The van der Waals surface area contributed by atoms with E-state index >= 15 is 0 Å². The summed E-state index contributed by atoms with van der Waals surface area (Å²) in [6.07, 6.45) is 1.46. The number of thioether (sulfide) groups is 1. The number of nitrogens with zero attached hydrogens (tertiary/aromatic N) is 1. The van der Waals surface area contributed by atoms with Gasteiger partial charge in [0.25, 0.3) is 11.1 Å². The number of aromatic carboxylic acids is 1. The average molecular weight is 353 g/mol. The number of imide groups is 1. The van der Waals surface area contributed by atoms with Crippen LogP contribution in [0.25, 0.3) is 6.08 Å². The van der Waals surface area contributed by atoms with Crippen LogP contribution in [0.3, 0.4) is 0 Å². The minimum atomic E-state index is -1.08. The summed E-state index contributed by atoms with van der Waals surface area (Å²) >= 11 is 0.812. The predicted molar refractivity (Wildman–Crippen MR) is 97.8 cm³/mol. The molecule has 0 aromatic heterocycles. The van der Waals surface area contributed by atoms with E-state index in [1.807, 2.05) is 26.0 Å². The smallest absolute Gasteiger partial charge is 0.336 e. The Kier molecular flexibility index (Phi) is 4.46. The summed E-state index contributed by atoms with van der Waals surface area (Å²) in [4.78, 5) is 37.8. The molecule has 2 amide bonds. The number of hydrogen-bond acceptors (Lipinski definition) is 4. The van der Waals surface area contributed by atoms with Gasteiger partial charge in [0.1, 0.15) is 0 Å². The number of anilines is 1. The molecule has 0 atom stereocenters. The SMILES string of the molecule is Cc1ccc(C)c(N2C(=O)S/C(=C/c3ccccc3C(=O)O)C2=O)c1. The maximum absolute atomic E-state index is 12.7. The summed E-state index contributed by atoms with van der Waals surface area (Å²) in [5, 5.41) is 8.87. The first-order valence-electron chi connectivity index (χ1n) is 7.56. The molecule has 1 aliphatic rings. The molecular formula is C19H15NO4S. The first-order chi connectivity index (χ1) is 11.9. The summed E-state index contributed by atoms with van der Waals surface area (Å²) in [6.45, 7) is 3.72. The molecule has 2 aromatic carbocycles. The predicted octanol–water partition coefficient (Wildman–Crippen LogP) is 4.24. The van der Waals surface area contributed by atoms with E-state index in [0.717, 1.165) is 27.8 Å². The lowest BCUT2D eigenvalue weighted by molar-refractivity contribution is -0.113. The Morgan fingerprint density at radius 3 is 2.56 bits per heavy atom. The normalized spacial score (nSPS) is 15.9. The number of carbonyl (C=O) groups is 3. The first kappa shape index (κ1) is 17.0. The second kappa shape index (κ2) is 6.57. The molecule has 0 unspecified atom stereocenters. The number of carboxylic acid groups (broad SMARTS) is 1. The third-order valence-corrected chi connectivity index (χ3v) is 4.75. The van der Waals surface area contributed by atoms with E-state index in [1.165, 1.54) is 12.1 Å². The second-order valence-corrected chi connectivity index (χ2v) is 6.69. The molecule has 25 heavy (non-hydrogen) atoms. The van der Waals surface area contributed by atoms with E-state index in [0.29, 0.717) is 11.3 Å². The van der Waals surface area contributed by atoms with Gasteiger partial charge in [-0.15, -0.1) is 0 Å². The molecule has 1 fully saturated rings. The van der Waals surface area contributed by atoms with Gasteiger partial charge < -0.3 is 5.11 Å². The highest BCUT2D eigenvalue weighted by molar-refractivity contribution is 8.19. The Hall–Kier alpha value is -2.86. The van der Waals surface area contributed by atoms with E-state index in [4.69, 9.17) is 0 Å². The number of amides is 2. The minimum absolute atomic E-state index is 0.0843. The lowest BCUT2D eigenvalue weighted by atomic mass is 10.1. The molecule has 6 heteroatoms. The van der Waals surface area contributed by atoms with Crippen molar-refractivity contribution in [2.24, 2.45) is 0 Å². The summed E-state index contributed by atoms with van der Waals surface area (Å²) in [5.41, 5.74) is 2.79. The maximum Gasteiger partial charge on any atom is 0.336 e. The average Bonchev–Trinajstić information content (AvgIpc) is 2.84. The molecule has 0 bridgehead atoms. The molecule has 1 saturated heterocycles. The van der Waals surface area contributed by atoms with Crippen LogP contribution in [0.4, 0.5) is 10.5 Å². The summed E-state index contributed by atoms with van der Waals surface area (Å²) < 4.78 is 0. The Morgan fingerprint density at radius 1 is 1.12 bits per heavy atom. The van der Waals surface area contributed by atoms with Gasteiger partial charge in [0.05, 0.1) is 16.2 Å². The highest BCUT2D eigenvalue weighted by atomic mass is 32.2. The highest BCUT2D eigenvalue weighted by Gasteiger charge is 2.37. The van der Waals surface area contributed by atoms with Crippen molar-refractivity contribution in [2.75, 3.05) is 4.90 Å². The van der Waals surface area contributed by atoms with Crippen molar-refractivity contribution >= 4 is 40.6 Å². The van der Waals surface area contributed by atoms with Gasteiger partial charge in [-0.05, 0) is 60.5 Å². The molecule has 1 aliphatic heterocycles. The van der Waals surface area contributed by atoms with Crippen molar-refractivity contribution in [1.82, 2.24) is 0 Å². The van der Waals surface area contributed by atoms with Gasteiger partial charge in [0, 0.05) is 0 Å². The van der Waals surface area contributed by atoms with Crippen molar-refractivity contribution in [2.45, 2.75) is 13.8 Å². The molecule has 1 N–H and O–H groups in total. The fourth-order valence-corrected chi connectivity index (χ4v) is 3.42. The number of carboxylic acids is 1. The molecule has 1 heterocycles. The van der Waals surface area contributed by atoms with Crippen LogP contribution >= 0.6 is 11.8 Å². The summed E-state index contributed by atoms with van der Waals surface area (Å²) in [5.74, 6) is -1.52. The zero-order valence-electron chi connectivity index (χ0n) is 13.6. The Morgan fingerprint density at radius 2 is 1.84 bits per heavy atom. The number of carbonyl (C=O) groups excluding carboxylic acids is 2. The molecule has 0 radical (unpaired) electrons. The van der Waals surface area contributed by atoms with Crippen molar-refractivity contribution in [1.29, 1.82) is 0 Å². The third kappa shape index (κ3) is 3.21. The van der Waals surface area contributed by atoms with Crippen LogP contribution < -0.4 is 4.90 Å². The van der Waals surface area contributed by atoms with Gasteiger partial charge in [-0.2, -0.15) is 0 Å². The van der Waals surface area contributed by atoms with Crippen molar-refractivity contribution < 1.29 is 19.5 Å². The van der Waals surface area contributed by atoms with Crippen LogP contribution in [0.2, 0.25) is 0 Å². The molecule has 126 valence electrons. The van der Waals surface area contributed by atoms with Crippen molar-refractivity contribution in [3.05, 3.63) is 69.6 Å². The van der Waals surface area contributed by atoms with Crippen LogP contribution in [0.5, 0.6) is 0 Å². The fraction of sp³-hybridized carbons (Fsp3) is 0.105. The lowest BCUT2D eigenvalue weighted by Crippen LogP contribution is -2.28. The largest absolute Gasteiger partial charge is 0.478 e. The van der Waals surface area contributed by atoms with Gasteiger partial charge in [0.15, 0.2) is 0 Å². The van der Waals surface area contributed by atoms with E-state index in [9.17, 15) is 19.5 Å². The molecule has 3 rings (SSSR count). The molecule has 0 aliphatic carbocycles. The Labute approximate surface area is 149 Å². The fourth-order valence-electron chi connectivity index (χ4n) is 2.59. The monoisotopic (exact) mass is 353 g/mol. The molecule has 2 aromatic rings. The van der Waals surface area contributed by atoms with E-state index in [-0.39, 0.29) is 10.5 Å². The molecule has 0 saturated carbocycles. The van der Waals surface area contributed by atoms with Crippen LogP contribution in [-0.2, 0) is 4.79 Å². The van der Waals surface area contributed by atoms with Crippen LogP contribution in [0.15, 0.2) is 47.4 Å². The van der Waals surface area contributed by atoms with Gasteiger partial charge in [-0.25, -0.2) is 9.69 Å². The first-order valence-corrected chi connectivity index (χ1v) is 8.37. The highest BCUT2D eigenvalue weighted by Crippen LogP contribution is 2.37. The third-order valence-electron chi connectivity index (χ3n) is 3.88. The number of hydrogen-bond donors (Lipinski definition) is 1. The van der Waals surface area contributed by atoms with Gasteiger partial charge in [-0.3, -0.25) is 9.59 Å². The number of rotatable bonds is 3. The van der Waals surface area contributed by atoms with Gasteiger partial charge in [-0.1, -0.05) is 30.3 Å².